The Morgan fingerprint density at radius 3 is 2.45 bits per heavy atom. The predicted octanol–water partition coefficient (Wildman–Crippen LogP) is 3.16. The zero-order valence-corrected chi connectivity index (χ0v) is 13.9. The van der Waals surface area contributed by atoms with E-state index in [9.17, 15) is 9.59 Å². The Hall–Kier alpha value is -2.08. The van der Waals surface area contributed by atoms with E-state index in [-0.39, 0.29) is 5.57 Å². The van der Waals surface area contributed by atoms with Crippen molar-refractivity contribution in [3.05, 3.63) is 40.0 Å². The van der Waals surface area contributed by atoms with Crippen LogP contribution in [0.25, 0.3) is 17.0 Å². The molecule has 114 valence electrons. The molecule has 0 unspecified atom stereocenters. The monoisotopic (exact) mass is 363 g/mol. The second kappa shape index (κ2) is 4.98. The van der Waals surface area contributed by atoms with E-state index in [1.807, 2.05) is 36.0 Å². The molecule has 0 N–H and O–H groups in total. The van der Waals surface area contributed by atoms with Crippen molar-refractivity contribution >= 4 is 44.8 Å². The summed E-state index contributed by atoms with van der Waals surface area (Å²) in [7, 11) is 1.90. The van der Waals surface area contributed by atoms with Gasteiger partial charge in [-0.1, -0.05) is 22.0 Å². The Kier molecular flexibility index (Phi) is 3.36. The zero-order chi connectivity index (χ0) is 16.1. The molecule has 1 saturated heterocycles. The second-order valence-corrected chi connectivity index (χ2v) is 6.51. The number of ether oxygens (including phenoxy) is 2. The molecule has 0 atom stereocenters. The number of rotatable bonds is 1. The van der Waals surface area contributed by atoms with Crippen LogP contribution in [0.4, 0.5) is 0 Å². The van der Waals surface area contributed by atoms with E-state index in [0.717, 1.165) is 20.9 Å². The van der Waals surface area contributed by atoms with E-state index in [0.29, 0.717) is 0 Å². The summed E-state index contributed by atoms with van der Waals surface area (Å²) in [5, 5.41) is 0.934. The van der Waals surface area contributed by atoms with Crippen LogP contribution in [0.15, 0.2) is 34.4 Å². The number of hydrogen-bond acceptors (Lipinski definition) is 4. The van der Waals surface area contributed by atoms with Gasteiger partial charge in [0.2, 0.25) is 0 Å². The summed E-state index contributed by atoms with van der Waals surface area (Å²) in [6, 6.07) is 5.80. The van der Waals surface area contributed by atoms with Crippen molar-refractivity contribution in [1.29, 1.82) is 0 Å². The van der Waals surface area contributed by atoms with Gasteiger partial charge in [-0.15, -0.1) is 0 Å². The van der Waals surface area contributed by atoms with Gasteiger partial charge in [0.1, 0.15) is 5.57 Å². The van der Waals surface area contributed by atoms with Crippen molar-refractivity contribution in [2.45, 2.75) is 19.6 Å². The topological polar surface area (TPSA) is 57.5 Å². The normalized spacial score (nSPS) is 17.4. The molecule has 0 amide bonds. The van der Waals surface area contributed by atoms with Crippen LogP contribution in [0.5, 0.6) is 0 Å². The molecular weight excluding hydrogens is 350 g/mol. The molecule has 2 heterocycles. The summed E-state index contributed by atoms with van der Waals surface area (Å²) < 4.78 is 13.1. The third kappa shape index (κ3) is 2.54. The Labute approximate surface area is 135 Å². The quantitative estimate of drug-likeness (QED) is 0.443. The Morgan fingerprint density at radius 1 is 1.18 bits per heavy atom. The number of aromatic nitrogens is 1. The van der Waals surface area contributed by atoms with Gasteiger partial charge in [-0.25, -0.2) is 9.59 Å². The highest BCUT2D eigenvalue weighted by molar-refractivity contribution is 9.10. The fourth-order valence-corrected chi connectivity index (χ4v) is 2.79. The second-order valence-electron chi connectivity index (χ2n) is 5.59. The number of aryl methyl sites for hydroxylation is 1. The van der Waals surface area contributed by atoms with Gasteiger partial charge < -0.3 is 14.0 Å². The molecule has 0 saturated carbocycles. The lowest BCUT2D eigenvalue weighted by Gasteiger charge is -2.29. The van der Waals surface area contributed by atoms with Crippen molar-refractivity contribution in [2.24, 2.45) is 7.05 Å². The largest absolute Gasteiger partial charge is 0.419 e. The number of carbonyl (C=O) groups excluding carboxylic acids is 2. The summed E-state index contributed by atoms with van der Waals surface area (Å²) >= 11 is 3.43. The van der Waals surface area contributed by atoms with Gasteiger partial charge in [0.15, 0.2) is 0 Å². The van der Waals surface area contributed by atoms with Crippen LogP contribution in [-0.2, 0) is 26.1 Å². The van der Waals surface area contributed by atoms with Gasteiger partial charge in [0.25, 0.3) is 5.79 Å². The lowest BCUT2D eigenvalue weighted by Crippen LogP contribution is -2.41. The number of fused-ring (bicyclic) bond motifs is 1. The van der Waals surface area contributed by atoms with Gasteiger partial charge in [-0.05, 0) is 18.2 Å². The molecule has 3 rings (SSSR count). The van der Waals surface area contributed by atoms with E-state index in [4.69, 9.17) is 9.47 Å². The molecule has 1 aliphatic rings. The first-order valence-electron chi connectivity index (χ1n) is 6.70. The van der Waals surface area contributed by atoms with Crippen LogP contribution in [-0.4, -0.2) is 22.3 Å². The van der Waals surface area contributed by atoms with Gasteiger partial charge >= 0.3 is 11.9 Å². The molecule has 0 spiro atoms. The Bertz CT molecular complexity index is 810. The lowest BCUT2D eigenvalue weighted by molar-refractivity contribution is -0.222. The van der Waals surface area contributed by atoms with Crippen LogP contribution in [0.2, 0.25) is 0 Å². The number of carbonyl (C=O) groups is 2. The van der Waals surface area contributed by atoms with Crippen molar-refractivity contribution in [3.8, 4) is 0 Å². The lowest BCUT2D eigenvalue weighted by atomic mass is 10.1. The molecule has 1 aliphatic heterocycles. The molecule has 22 heavy (non-hydrogen) atoms. The van der Waals surface area contributed by atoms with Gasteiger partial charge in [0, 0.05) is 48.0 Å². The smallest absolute Gasteiger partial charge is 0.348 e. The minimum Gasteiger partial charge on any atom is -0.419 e. The van der Waals surface area contributed by atoms with Crippen molar-refractivity contribution in [2.75, 3.05) is 0 Å². The van der Waals surface area contributed by atoms with Crippen LogP contribution >= 0.6 is 15.9 Å². The highest BCUT2D eigenvalue weighted by atomic mass is 79.9. The van der Waals surface area contributed by atoms with Crippen LogP contribution in [0, 0.1) is 0 Å². The number of benzene rings is 1. The summed E-state index contributed by atoms with van der Waals surface area (Å²) in [4.78, 5) is 24.0. The van der Waals surface area contributed by atoms with E-state index in [1.54, 1.807) is 0 Å². The maximum atomic E-state index is 12.0. The summed E-state index contributed by atoms with van der Waals surface area (Å²) in [5.74, 6) is -2.57. The molecule has 2 aromatic rings. The molecule has 0 bridgehead atoms. The maximum absolute atomic E-state index is 12.0. The first-order valence-corrected chi connectivity index (χ1v) is 7.49. The summed E-state index contributed by atoms with van der Waals surface area (Å²) in [5.41, 5.74) is 1.64. The number of nitrogens with zero attached hydrogens (tertiary/aromatic N) is 1. The average molecular weight is 364 g/mol. The minimum atomic E-state index is -1.23. The van der Waals surface area contributed by atoms with Crippen molar-refractivity contribution < 1.29 is 19.1 Å². The Balaban J connectivity index is 2.09. The van der Waals surface area contributed by atoms with Crippen LogP contribution in [0.1, 0.15) is 19.4 Å². The number of esters is 2. The number of halogens is 1. The highest BCUT2D eigenvalue weighted by Gasteiger charge is 2.38. The number of cyclic esters (lactones) is 2. The fourth-order valence-electron chi connectivity index (χ4n) is 2.44. The highest BCUT2D eigenvalue weighted by Crippen LogP contribution is 2.29. The first-order chi connectivity index (χ1) is 10.3. The molecule has 1 aromatic heterocycles. The van der Waals surface area contributed by atoms with E-state index < -0.39 is 17.7 Å². The third-order valence-corrected chi connectivity index (χ3v) is 3.89. The van der Waals surface area contributed by atoms with E-state index in [2.05, 4.69) is 15.9 Å². The molecule has 1 fully saturated rings. The minimum absolute atomic E-state index is 0.102. The molecule has 0 radical (unpaired) electrons. The molecule has 5 nitrogen and oxygen atoms in total. The maximum Gasteiger partial charge on any atom is 0.348 e. The standard InChI is InChI=1S/C16H14BrNO4/c1-16(2)21-14(19)12(15(20)22-16)6-9-8-18(3)13-7-10(17)4-5-11(9)13/h4-8H,1-3H3. The van der Waals surface area contributed by atoms with Gasteiger partial charge in [-0.2, -0.15) is 0 Å². The first kappa shape index (κ1) is 14.8. The van der Waals surface area contributed by atoms with Crippen molar-refractivity contribution in [1.82, 2.24) is 4.57 Å². The SMILES string of the molecule is Cn1cc(C=C2C(=O)OC(C)(C)OC2=O)c2ccc(Br)cc21. The Morgan fingerprint density at radius 2 is 1.82 bits per heavy atom. The van der Waals surface area contributed by atoms with Crippen LogP contribution < -0.4 is 0 Å². The third-order valence-electron chi connectivity index (χ3n) is 3.40. The molecule has 1 aromatic carbocycles. The molecule has 0 aliphatic carbocycles. The summed E-state index contributed by atoms with van der Waals surface area (Å²) in [6.07, 6.45) is 3.36. The van der Waals surface area contributed by atoms with Gasteiger partial charge in [0.05, 0.1) is 0 Å². The molecule has 6 heteroatoms. The number of hydrogen-bond donors (Lipinski definition) is 0. The predicted molar refractivity (Wildman–Crippen MR) is 84.9 cm³/mol. The zero-order valence-electron chi connectivity index (χ0n) is 12.3. The fraction of sp³-hybridized carbons (Fsp3) is 0.250. The summed E-state index contributed by atoms with van der Waals surface area (Å²) in [6.45, 7) is 3.05. The average Bonchev–Trinajstić information content (AvgIpc) is 2.69. The van der Waals surface area contributed by atoms with Gasteiger partial charge in [-0.3, -0.25) is 0 Å². The van der Waals surface area contributed by atoms with E-state index >= 15 is 0 Å². The van der Waals surface area contributed by atoms with Crippen molar-refractivity contribution in [3.63, 3.8) is 0 Å². The van der Waals surface area contributed by atoms with E-state index in [1.165, 1.54) is 19.9 Å². The van der Waals surface area contributed by atoms with Crippen LogP contribution in [0.3, 0.4) is 0 Å². The molecular formula is C16H14BrNO4.